The van der Waals surface area contributed by atoms with Crippen LogP contribution in [0.2, 0.25) is 0 Å². The lowest BCUT2D eigenvalue weighted by Crippen LogP contribution is -2.26. The molecule has 1 aliphatic carbocycles. The monoisotopic (exact) mass is 373 g/mol. The molecule has 27 heavy (non-hydrogen) atoms. The topological polar surface area (TPSA) is 38.3 Å². The van der Waals surface area contributed by atoms with Crippen molar-refractivity contribution in [2.45, 2.75) is 12.3 Å². The van der Waals surface area contributed by atoms with Crippen LogP contribution in [-0.4, -0.2) is 19.2 Å². The molecule has 4 rings (SSSR count). The molecule has 0 atom stereocenters. The molecule has 134 valence electrons. The summed E-state index contributed by atoms with van der Waals surface area (Å²) in [6.07, 6.45) is 0.203. The first-order chi connectivity index (χ1) is 13.3. The average molecular weight is 373 g/mol. The van der Waals surface area contributed by atoms with Crippen LogP contribution in [-0.2, 0) is 4.74 Å². The van der Waals surface area contributed by atoms with Gasteiger partial charge in [0.1, 0.15) is 6.61 Å². The smallest absolute Gasteiger partial charge is 0.407 e. The molecule has 1 N–H and O–H groups in total. The molecule has 0 fully saturated rings. The summed E-state index contributed by atoms with van der Waals surface area (Å²) >= 11 is 1.62. The number of rotatable bonds is 4. The van der Waals surface area contributed by atoms with Crippen LogP contribution in [0.3, 0.4) is 0 Å². The van der Waals surface area contributed by atoms with Crippen LogP contribution < -0.4 is 5.32 Å². The van der Waals surface area contributed by atoms with Crippen molar-refractivity contribution in [2.75, 3.05) is 13.2 Å². The first-order valence-electron chi connectivity index (χ1n) is 8.93. The normalized spacial score (nSPS) is 11.9. The Bertz CT molecular complexity index is 953. The predicted molar refractivity (Wildman–Crippen MR) is 109 cm³/mol. The number of nitrogens with one attached hydrogen (secondary N) is 1. The van der Waals surface area contributed by atoms with Crippen molar-refractivity contribution in [1.29, 1.82) is 0 Å². The van der Waals surface area contributed by atoms with E-state index in [2.05, 4.69) is 41.4 Å². The summed E-state index contributed by atoms with van der Waals surface area (Å²) in [5.41, 5.74) is 5.90. The molecule has 4 heteroatoms. The lowest BCUT2D eigenvalue weighted by atomic mass is 9.98. The molecule has 3 nitrogen and oxygen atoms in total. The van der Waals surface area contributed by atoms with E-state index in [1.165, 1.54) is 22.3 Å². The van der Waals surface area contributed by atoms with Crippen molar-refractivity contribution in [2.24, 2.45) is 0 Å². The van der Waals surface area contributed by atoms with Crippen molar-refractivity contribution >= 4 is 17.4 Å². The highest BCUT2D eigenvalue weighted by Gasteiger charge is 2.28. The van der Waals surface area contributed by atoms with Gasteiger partial charge in [-0.25, -0.2) is 4.79 Å². The molecule has 1 aliphatic rings. The SMILES string of the molecule is O=C(NCCC#Cc1ccsc1)OCC1c2ccccc2-c2ccccc21. The minimum Gasteiger partial charge on any atom is -0.449 e. The molecule has 0 unspecified atom stereocenters. The number of fused-ring (bicyclic) bond motifs is 3. The van der Waals surface area contributed by atoms with Gasteiger partial charge in [-0.2, -0.15) is 11.3 Å². The molecular weight excluding hydrogens is 354 g/mol. The maximum atomic E-state index is 12.0. The van der Waals surface area contributed by atoms with Gasteiger partial charge in [0, 0.05) is 29.8 Å². The average Bonchev–Trinajstić information content (AvgIpc) is 3.32. The summed E-state index contributed by atoms with van der Waals surface area (Å²) in [5.74, 6) is 6.20. The van der Waals surface area contributed by atoms with Crippen LogP contribution in [0.5, 0.6) is 0 Å². The lowest BCUT2D eigenvalue weighted by molar-refractivity contribution is 0.143. The van der Waals surface area contributed by atoms with Gasteiger partial charge < -0.3 is 10.1 Å². The molecule has 1 aromatic heterocycles. The number of hydrogen-bond acceptors (Lipinski definition) is 3. The van der Waals surface area contributed by atoms with E-state index in [0.717, 1.165) is 5.56 Å². The summed E-state index contributed by atoms with van der Waals surface area (Å²) in [7, 11) is 0. The van der Waals surface area contributed by atoms with Gasteiger partial charge in [-0.15, -0.1) is 0 Å². The number of hydrogen-bond donors (Lipinski definition) is 1. The van der Waals surface area contributed by atoms with Gasteiger partial charge >= 0.3 is 6.09 Å². The standard InChI is InChI=1S/C23H19NO2S/c25-23(24-13-6-5-7-17-12-14-27-16-17)26-15-22-20-10-3-1-8-18(20)19-9-2-4-11-21(19)22/h1-4,8-12,14,16,22H,6,13,15H2,(H,24,25). The molecule has 0 bridgehead atoms. The van der Waals surface area contributed by atoms with Crippen LogP contribution in [0.15, 0.2) is 65.4 Å². The van der Waals surface area contributed by atoms with Gasteiger partial charge in [0.15, 0.2) is 0 Å². The zero-order chi connectivity index (χ0) is 18.5. The highest BCUT2D eigenvalue weighted by atomic mass is 32.1. The number of alkyl carbamates (subject to hydrolysis) is 1. The Balaban J connectivity index is 1.31. The van der Waals surface area contributed by atoms with E-state index in [-0.39, 0.29) is 5.92 Å². The third kappa shape index (κ3) is 3.89. The molecule has 1 amide bonds. The Morgan fingerprint density at radius 1 is 1.04 bits per heavy atom. The Morgan fingerprint density at radius 2 is 1.74 bits per heavy atom. The first kappa shape index (κ1) is 17.4. The number of amides is 1. The van der Waals surface area contributed by atoms with Gasteiger partial charge in [0.25, 0.3) is 0 Å². The summed E-state index contributed by atoms with van der Waals surface area (Å²) in [4.78, 5) is 12.0. The highest BCUT2D eigenvalue weighted by Crippen LogP contribution is 2.44. The van der Waals surface area contributed by atoms with Gasteiger partial charge in [-0.05, 0) is 33.7 Å². The van der Waals surface area contributed by atoms with Crippen molar-refractivity contribution in [3.63, 3.8) is 0 Å². The number of carbonyl (C=O) groups is 1. The van der Waals surface area contributed by atoms with Crippen LogP contribution in [0.25, 0.3) is 11.1 Å². The molecule has 2 aromatic carbocycles. The van der Waals surface area contributed by atoms with Crippen LogP contribution in [0.1, 0.15) is 29.0 Å². The second kappa shape index (κ2) is 8.11. The highest BCUT2D eigenvalue weighted by molar-refractivity contribution is 7.08. The second-order valence-corrected chi connectivity index (χ2v) is 7.10. The molecule has 0 saturated carbocycles. The van der Waals surface area contributed by atoms with Crippen LogP contribution in [0, 0.1) is 11.8 Å². The summed E-state index contributed by atoms with van der Waals surface area (Å²) in [5, 5.41) is 6.78. The molecule has 0 saturated heterocycles. The quantitative estimate of drug-likeness (QED) is 0.515. The molecule has 1 heterocycles. The zero-order valence-corrected chi connectivity index (χ0v) is 15.6. The van der Waals surface area contributed by atoms with Gasteiger partial charge in [0.2, 0.25) is 0 Å². The van der Waals surface area contributed by atoms with Crippen molar-refractivity contribution in [3.05, 3.63) is 82.0 Å². The summed E-state index contributed by atoms with van der Waals surface area (Å²) in [6, 6.07) is 18.6. The second-order valence-electron chi connectivity index (χ2n) is 6.32. The summed E-state index contributed by atoms with van der Waals surface area (Å²) in [6.45, 7) is 0.814. The third-order valence-corrected chi connectivity index (χ3v) is 5.30. The Kier molecular flexibility index (Phi) is 5.22. The minimum atomic E-state index is -0.394. The number of benzene rings is 2. The van der Waals surface area contributed by atoms with Crippen molar-refractivity contribution in [1.82, 2.24) is 5.32 Å². The van der Waals surface area contributed by atoms with E-state index < -0.39 is 6.09 Å². The van der Waals surface area contributed by atoms with Gasteiger partial charge in [0.05, 0.1) is 0 Å². The predicted octanol–water partition coefficient (Wildman–Crippen LogP) is 5.03. The molecule has 3 aromatic rings. The van der Waals surface area contributed by atoms with Gasteiger partial charge in [-0.3, -0.25) is 0 Å². The minimum absolute atomic E-state index is 0.0848. The van der Waals surface area contributed by atoms with Crippen LogP contribution >= 0.6 is 11.3 Å². The Hall–Kier alpha value is -3.03. The zero-order valence-electron chi connectivity index (χ0n) is 14.8. The Labute approximate surface area is 163 Å². The largest absolute Gasteiger partial charge is 0.449 e. The fourth-order valence-electron chi connectivity index (χ4n) is 3.38. The Morgan fingerprint density at radius 3 is 2.41 bits per heavy atom. The third-order valence-electron chi connectivity index (χ3n) is 4.62. The van der Waals surface area contributed by atoms with E-state index in [1.807, 2.05) is 41.1 Å². The lowest BCUT2D eigenvalue weighted by Gasteiger charge is -2.14. The number of thiophene rings is 1. The van der Waals surface area contributed by atoms with E-state index in [1.54, 1.807) is 11.3 Å². The molecule has 0 spiro atoms. The maximum absolute atomic E-state index is 12.0. The van der Waals surface area contributed by atoms with Crippen molar-refractivity contribution in [3.8, 4) is 23.0 Å². The fourth-order valence-corrected chi connectivity index (χ4v) is 3.96. The first-order valence-corrected chi connectivity index (χ1v) is 9.87. The van der Waals surface area contributed by atoms with Crippen LogP contribution in [0.4, 0.5) is 4.79 Å². The van der Waals surface area contributed by atoms with E-state index in [4.69, 9.17) is 4.74 Å². The molecular formula is C23H19NO2S. The van der Waals surface area contributed by atoms with E-state index in [9.17, 15) is 4.79 Å². The molecule has 0 aliphatic heterocycles. The number of carbonyl (C=O) groups excluding carboxylic acids is 1. The summed E-state index contributed by atoms with van der Waals surface area (Å²) < 4.78 is 5.50. The van der Waals surface area contributed by atoms with E-state index >= 15 is 0 Å². The fraction of sp³-hybridized carbons (Fsp3) is 0.174. The van der Waals surface area contributed by atoms with Gasteiger partial charge in [-0.1, -0.05) is 60.4 Å². The molecule has 0 radical (unpaired) electrons. The van der Waals surface area contributed by atoms with E-state index in [0.29, 0.717) is 19.6 Å². The van der Waals surface area contributed by atoms with Crippen molar-refractivity contribution < 1.29 is 9.53 Å². The maximum Gasteiger partial charge on any atom is 0.407 e. The number of ether oxygens (including phenoxy) is 1.